The first-order chi connectivity index (χ1) is 9.82. The topological polar surface area (TPSA) is 25.2 Å². The lowest BCUT2D eigenvalue weighted by molar-refractivity contribution is 0.473. The number of rotatable bonds is 4. The van der Waals surface area contributed by atoms with E-state index in [0.717, 1.165) is 18.1 Å². The molecule has 2 nitrogen and oxygen atoms in total. The molecule has 0 unspecified atom stereocenters. The maximum atomic E-state index is 6.07. The highest BCUT2D eigenvalue weighted by molar-refractivity contribution is 5.71. The molecule has 0 saturated carbocycles. The molecule has 2 rings (SSSR count). The molecule has 0 radical (unpaired) electrons. The highest BCUT2D eigenvalue weighted by atomic mass is 16.3. The zero-order valence-electron chi connectivity index (χ0n) is 14.3. The number of benzene rings is 1. The van der Waals surface area contributed by atoms with E-state index in [9.17, 15) is 0 Å². The average Bonchev–Trinajstić information content (AvgIpc) is 2.89. The van der Waals surface area contributed by atoms with Crippen molar-refractivity contribution in [3.8, 4) is 11.3 Å². The molecule has 0 bridgehead atoms. The van der Waals surface area contributed by atoms with E-state index in [4.69, 9.17) is 4.42 Å². The standard InChI is InChI=1S/C19H27NO/c1-11(2)20-10-17-8-9-18(21-17)19-15(6)13(4)12(3)14(5)16(19)7/h8-9,11,20H,10H2,1-7H3. The monoisotopic (exact) mass is 285 g/mol. The molecule has 0 aliphatic rings. The second-order valence-corrected chi connectivity index (χ2v) is 6.30. The van der Waals surface area contributed by atoms with Crippen LogP contribution in [0.1, 0.15) is 47.4 Å². The molecule has 2 aromatic rings. The maximum absolute atomic E-state index is 6.07. The van der Waals surface area contributed by atoms with Gasteiger partial charge in [0.15, 0.2) is 0 Å². The van der Waals surface area contributed by atoms with E-state index in [-0.39, 0.29) is 0 Å². The van der Waals surface area contributed by atoms with Crippen LogP contribution < -0.4 is 5.32 Å². The quantitative estimate of drug-likeness (QED) is 0.856. The third-order valence-corrected chi connectivity index (χ3v) is 4.59. The van der Waals surface area contributed by atoms with Gasteiger partial charge in [0.05, 0.1) is 6.54 Å². The van der Waals surface area contributed by atoms with Gasteiger partial charge < -0.3 is 9.73 Å². The fourth-order valence-electron chi connectivity index (χ4n) is 2.78. The van der Waals surface area contributed by atoms with Crippen LogP contribution in [0.3, 0.4) is 0 Å². The maximum Gasteiger partial charge on any atom is 0.134 e. The van der Waals surface area contributed by atoms with Gasteiger partial charge >= 0.3 is 0 Å². The molecule has 1 aromatic carbocycles. The van der Waals surface area contributed by atoms with Gasteiger partial charge in [-0.05, 0) is 74.6 Å². The first-order valence-corrected chi connectivity index (χ1v) is 7.72. The van der Waals surface area contributed by atoms with Crippen LogP contribution in [0.25, 0.3) is 11.3 Å². The zero-order chi connectivity index (χ0) is 15.7. The fourth-order valence-corrected chi connectivity index (χ4v) is 2.78. The zero-order valence-corrected chi connectivity index (χ0v) is 14.3. The fraction of sp³-hybridized carbons (Fsp3) is 0.474. The van der Waals surface area contributed by atoms with Crippen molar-refractivity contribution < 1.29 is 4.42 Å². The Bertz CT molecular complexity index is 621. The number of furan rings is 1. The second-order valence-electron chi connectivity index (χ2n) is 6.30. The molecule has 2 heteroatoms. The predicted octanol–water partition coefficient (Wildman–Crippen LogP) is 4.99. The molecule has 0 saturated heterocycles. The summed E-state index contributed by atoms with van der Waals surface area (Å²) in [6.07, 6.45) is 0. The van der Waals surface area contributed by atoms with Crippen LogP contribution in [-0.4, -0.2) is 6.04 Å². The van der Waals surface area contributed by atoms with Crippen molar-refractivity contribution >= 4 is 0 Å². The molecule has 0 aliphatic carbocycles. The largest absolute Gasteiger partial charge is 0.460 e. The van der Waals surface area contributed by atoms with Crippen LogP contribution >= 0.6 is 0 Å². The van der Waals surface area contributed by atoms with Crippen LogP contribution in [-0.2, 0) is 6.54 Å². The van der Waals surface area contributed by atoms with Gasteiger partial charge in [0, 0.05) is 11.6 Å². The van der Waals surface area contributed by atoms with Gasteiger partial charge in [0.1, 0.15) is 11.5 Å². The van der Waals surface area contributed by atoms with E-state index in [1.165, 1.54) is 33.4 Å². The Balaban J connectivity index is 2.43. The lowest BCUT2D eigenvalue weighted by Gasteiger charge is -2.17. The molecule has 0 amide bonds. The van der Waals surface area contributed by atoms with E-state index in [1.54, 1.807) is 0 Å². The molecule has 114 valence electrons. The van der Waals surface area contributed by atoms with Crippen molar-refractivity contribution in [2.45, 2.75) is 61.1 Å². The lowest BCUT2D eigenvalue weighted by Crippen LogP contribution is -2.21. The van der Waals surface area contributed by atoms with Crippen molar-refractivity contribution in [1.29, 1.82) is 0 Å². The Morgan fingerprint density at radius 2 is 1.38 bits per heavy atom. The average molecular weight is 285 g/mol. The summed E-state index contributed by atoms with van der Waals surface area (Å²) in [4.78, 5) is 0. The predicted molar refractivity (Wildman–Crippen MR) is 89.8 cm³/mol. The van der Waals surface area contributed by atoms with Crippen LogP contribution in [0.15, 0.2) is 16.5 Å². The summed E-state index contributed by atoms with van der Waals surface area (Å²) in [6.45, 7) is 16.1. The van der Waals surface area contributed by atoms with E-state index in [2.05, 4.69) is 65.9 Å². The Labute approximate surface area is 128 Å². The normalized spacial score (nSPS) is 11.4. The van der Waals surface area contributed by atoms with E-state index >= 15 is 0 Å². The van der Waals surface area contributed by atoms with Crippen LogP contribution in [0, 0.1) is 34.6 Å². The summed E-state index contributed by atoms with van der Waals surface area (Å²) in [5.41, 5.74) is 8.03. The van der Waals surface area contributed by atoms with Gasteiger partial charge in [0.25, 0.3) is 0 Å². The SMILES string of the molecule is Cc1c(C)c(C)c(-c2ccc(CNC(C)C)o2)c(C)c1C. The molecule has 1 heterocycles. The summed E-state index contributed by atoms with van der Waals surface area (Å²) in [5.74, 6) is 1.98. The minimum atomic E-state index is 0.464. The molecule has 1 aromatic heterocycles. The third-order valence-electron chi connectivity index (χ3n) is 4.59. The first-order valence-electron chi connectivity index (χ1n) is 7.72. The Morgan fingerprint density at radius 3 is 1.90 bits per heavy atom. The van der Waals surface area contributed by atoms with E-state index in [0.29, 0.717) is 6.04 Å². The minimum Gasteiger partial charge on any atom is -0.460 e. The molecule has 21 heavy (non-hydrogen) atoms. The smallest absolute Gasteiger partial charge is 0.134 e. The summed E-state index contributed by atoms with van der Waals surface area (Å²) in [6, 6.07) is 4.64. The van der Waals surface area contributed by atoms with E-state index in [1.807, 2.05) is 0 Å². The molecular formula is C19H27NO. The van der Waals surface area contributed by atoms with Crippen LogP contribution in [0.5, 0.6) is 0 Å². The van der Waals surface area contributed by atoms with Gasteiger partial charge in [-0.3, -0.25) is 0 Å². The molecule has 0 atom stereocenters. The third kappa shape index (κ3) is 3.06. The van der Waals surface area contributed by atoms with Gasteiger partial charge in [-0.1, -0.05) is 13.8 Å². The summed E-state index contributed by atoms with van der Waals surface area (Å²) >= 11 is 0. The highest BCUT2D eigenvalue weighted by Crippen LogP contribution is 2.34. The minimum absolute atomic E-state index is 0.464. The Morgan fingerprint density at radius 1 is 0.857 bits per heavy atom. The van der Waals surface area contributed by atoms with Crippen molar-refractivity contribution in [1.82, 2.24) is 5.32 Å². The summed E-state index contributed by atoms with van der Waals surface area (Å²) < 4.78 is 6.07. The number of nitrogens with one attached hydrogen (secondary N) is 1. The first kappa shape index (κ1) is 15.8. The molecule has 0 fully saturated rings. The summed E-state index contributed by atoms with van der Waals surface area (Å²) in [7, 11) is 0. The van der Waals surface area contributed by atoms with Crippen molar-refractivity contribution in [3.05, 3.63) is 45.7 Å². The number of hydrogen-bond donors (Lipinski definition) is 1. The van der Waals surface area contributed by atoms with Gasteiger partial charge in [-0.25, -0.2) is 0 Å². The molecule has 0 spiro atoms. The van der Waals surface area contributed by atoms with Gasteiger partial charge in [0.2, 0.25) is 0 Å². The van der Waals surface area contributed by atoms with Crippen molar-refractivity contribution in [3.63, 3.8) is 0 Å². The Kier molecular flexibility index (Phi) is 4.58. The summed E-state index contributed by atoms with van der Waals surface area (Å²) in [5, 5.41) is 3.39. The van der Waals surface area contributed by atoms with Gasteiger partial charge in [-0.15, -0.1) is 0 Å². The van der Waals surface area contributed by atoms with Crippen molar-refractivity contribution in [2.24, 2.45) is 0 Å². The van der Waals surface area contributed by atoms with Gasteiger partial charge in [-0.2, -0.15) is 0 Å². The highest BCUT2D eigenvalue weighted by Gasteiger charge is 2.16. The molecule has 0 aliphatic heterocycles. The van der Waals surface area contributed by atoms with Crippen LogP contribution in [0.2, 0.25) is 0 Å². The lowest BCUT2D eigenvalue weighted by atomic mass is 9.88. The molecule has 1 N–H and O–H groups in total. The van der Waals surface area contributed by atoms with E-state index < -0.39 is 0 Å². The Hall–Kier alpha value is -1.54. The van der Waals surface area contributed by atoms with Crippen LogP contribution in [0.4, 0.5) is 0 Å². The molecular weight excluding hydrogens is 258 g/mol. The van der Waals surface area contributed by atoms with Crippen molar-refractivity contribution in [2.75, 3.05) is 0 Å². The number of hydrogen-bond acceptors (Lipinski definition) is 2. The second kappa shape index (κ2) is 6.07.